The van der Waals surface area contributed by atoms with E-state index in [4.69, 9.17) is 9.47 Å². The summed E-state index contributed by atoms with van der Waals surface area (Å²) in [4.78, 5) is 33.3. The molecular formula is C22H23N3O4S. The van der Waals surface area contributed by atoms with Gasteiger partial charge in [0.15, 0.2) is 5.16 Å². The van der Waals surface area contributed by atoms with Crippen LogP contribution in [0.3, 0.4) is 0 Å². The number of nitrogens with zero attached hydrogens (tertiary/aromatic N) is 1. The van der Waals surface area contributed by atoms with Crippen LogP contribution in [0.2, 0.25) is 0 Å². The van der Waals surface area contributed by atoms with Gasteiger partial charge in [0, 0.05) is 11.4 Å². The third-order valence-electron chi connectivity index (χ3n) is 4.54. The van der Waals surface area contributed by atoms with Gasteiger partial charge in [-0.15, -0.1) is 6.58 Å². The molecular weight excluding hydrogens is 402 g/mol. The number of anilines is 1. The Bertz CT molecular complexity index is 1070. The van der Waals surface area contributed by atoms with E-state index in [1.54, 1.807) is 32.2 Å². The van der Waals surface area contributed by atoms with Crippen molar-refractivity contribution in [2.45, 2.75) is 18.0 Å². The van der Waals surface area contributed by atoms with E-state index in [0.717, 1.165) is 5.56 Å². The molecule has 3 rings (SSSR count). The fourth-order valence-corrected chi connectivity index (χ4v) is 3.87. The molecule has 1 aromatic carbocycles. The smallest absolute Gasteiger partial charge is 0.337 e. The summed E-state index contributed by atoms with van der Waals surface area (Å²) in [7, 11) is 1.56. The molecule has 7 nitrogen and oxygen atoms in total. The number of aromatic amines is 1. The number of ether oxygens (including phenoxy) is 2. The van der Waals surface area contributed by atoms with Crippen molar-refractivity contribution in [2.24, 2.45) is 0 Å². The highest BCUT2D eigenvalue weighted by Gasteiger charge is 2.36. The average molecular weight is 426 g/mol. The molecule has 2 heterocycles. The molecule has 0 spiro atoms. The van der Waals surface area contributed by atoms with Crippen molar-refractivity contribution in [3.63, 3.8) is 0 Å². The molecule has 0 aliphatic carbocycles. The number of hydrogen-bond donors (Lipinski definition) is 2. The molecule has 0 fully saturated rings. The van der Waals surface area contributed by atoms with Crippen LogP contribution in [-0.2, 0) is 9.53 Å². The minimum atomic E-state index is -0.664. The molecule has 30 heavy (non-hydrogen) atoms. The van der Waals surface area contributed by atoms with E-state index in [1.165, 1.54) is 17.8 Å². The van der Waals surface area contributed by atoms with Crippen molar-refractivity contribution in [2.75, 3.05) is 24.8 Å². The van der Waals surface area contributed by atoms with Crippen LogP contribution < -0.4 is 15.6 Å². The number of fused-ring (bicyclic) bond motifs is 1. The Labute approximate surface area is 178 Å². The molecule has 1 aromatic heterocycles. The summed E-state index contributed by atoms with van der Waals surface area (Å²) in [6.07, 6.45) is 3.23. The maximum Gasteiger partial charge on any atom is 0.337 e. The summed E-state index contributed by atoms with van der Waals surface area (Å²) in [6, 6.07) is 7.26. The van der Waals surface area contributed by atoms with Crippen molar-refractivity contribution in [3.8, 4) is 5.75 Å². The average Bonchev–Trinajstić information content (AvgIpc) is 2.75. The Morgan fingerprint density at radius 1 is 1.33 bits per heavy atom. The molecule has 0 bridgehead atoms. The number of esters is 1. The van der Waals surface area contributed by atoms with E-state index in [1.807, 2.05) is 12.1 Å². The van der Waals surface area contributed by atoms with Crippen LogP contribution in [0.15, 0.2) is 70.8 Å². The zero-order valence-electron chi connectivity index (χ0n) is 16.9. The Hall–Kier alpha value is -3.26. The van der Waals surface area contributed by atoms with E-state index in [0.29, 0.717) is 39.3 Å². The maximum absolute atomic E-state index is 13.1. The first kappa shape index (κ1) is 21.4. The molecule has 0 saturated heterocycles. The van der Waals surface area contributed by atoms with Gasteiger partial charge in [0.25, 0.3) is 5.56 Å². The second-order valence-corrected chi connectivity index (χ2v) is 7.50. The highest BCUT2D eigenvalue weighted by molar-refractivity contribution is 7.99. The minimum Gasteiger partial charge on any atom is -0.497 e. The number of methoxy groups -OCH3 is 1. The summed E-state index contributed by atoms with van der Waals surface area (Å²) < 4.78 is 10.6. The Kier molecular flexibility index (Phi) is 6.79. The molecule has 2 aromatic rings. The zero-order valence-corrected chi connectivity index (χ0v) is 17.7. The summed E-state index contributed by atoms with van der Waals surface area (Å²) in [5.74, 6) is 0.448. The molecule has 156 valence electrons. The monoisotopic (exact) mass is 425 g/mol. The van der Waals surface area contributed by atoms with Crippen LogP contribution in [0.25, 0.3) is 0 Å². The number of allylic oxidation sites excluding steroid dienone is 1. The van der Waals surface area contributed by atoms with Gasteiger partial charge in [0.05, 0.1) is 24.2 Å². The van der Waals surface area contributed by atoms with E-state index in [9.17, 15) is 9.59 Å². The predicted molar refractivity (Wildman–Crippen MR) is 118 cm³/mol. The van der Waals surface area contributed by atoms with Crippen molar-refractivity contribution in [3.05, 3.63) is 82.3 Å². The van der Waals surface area contributed by atoms with E-state index >= 15 is 0 Å². The molecule has 0 saturated carbocycles. The fraction of sp³-hybridized carbons (Fsp3) is 0.227. The number of nitrogens with one attached hydrogen (secondary N) is 2. The SMILES string of the molecule is C=CCOC(=O)C1=C(C)Nc2nc(SCC=C)[nH]c(=O)c2C1c1cccc(OC)c1. The second kappa shape index (κ2) is 9.49. The largest absolute Gasteiger partial charge is 0.497 e. The normalized spacial score (nSPS) is 15.1. The lowest BCUT2D eigenvalue weighted by atomic mass is 9.82. The fourth-order valence-electron chi connectivity index (χ4n) is 3.27. The zero-order chi connectivity index (χ0) is 21.7. The minimum absolute atomic E-state index is 0.0685. The molecule has 2 N–H and O–H groups in total. The molecule has 0 radical (unpaired) electrons. The van der Waals surface area contributed by atoms with Gasteiger partial charge in [-0.2, -0.15) is 0 Å². The molecule has 1 unspecified atom stereocenters. The van der Waals surface area contributed by atoms with E-state index in [2.05, 4.69) is 28.4 Å². The van der Waals surface area contributed by atoms with Gasteiger partial charge in [-0.05, 0) is 24.6 Å². The lowest BCUT2D eigenvalue weighted by Crippen LogP contribution is -2.31. The first-order valence-corrected chi connectivity index (χ1v) is 10.3. The standard InChI is InChI=1S/C22H23N3O4S/c1-5-10-29-21(27)16-13(3)23-19-18(20(26)25-22(24-19)30-11-6-2)17(16)14-8-7-9-15(12-14)28-4/h5-9,12,17H,1-2,10-11H2,3-4H3,(H2,23,24,25,26). The summed E-state index contributed by atoms with van der Waals surface area (Å²) >= 11 is 1.37. The number of carbonyl (C=O) groups is 1. The Balaban J connectivity index is 2.19. The lowest BCUT2D eigenvalue weighted by molar-refractivity contribution is -0.138. The van der Waals surface area contributed by atoms with Gasteiger partial charge in [-0.1, -0.05) is 42.6 Å². The van der Waals surface area contributed by atoms with Gasteiger partial charge in [0.1, 0.15) is 18.2 Å². The summed E-state index contributed by atoms with van der Waals surface area (Å²) in [6.45, 7) is 9.10. The number of carbonyl (C=O) groups excluding carboxylic acids is 1. The highest BCUT2D eigenvalue weighted by Crippen LogP contribution is 2.40. The number of hydrogen-bond acceptors (Lipinski definition) is 7. The highest BCUT2D eigenvalue weighted by atomic mass is 32.2. The van der Waals surface area contributed by atoms with Crippen LogP contribution in [0.4, 0.5) is 5.82 Å². The number of rotatable bonds is 8. The number of thioether (sulfide) groups is 1. The third kappa shape index (κ3) is 4.33. The predicted octanol–water partition coefficient (Wildman–Crippen LogP) is 3.62. The van der Waals surface area contributed by atoms with Crippen molar-refractivity contribution in [1.82, 2.24) is 9.97 Å². The van der Waals surface area contributed by atoms with Crippen LogP contribution in [0.1, 0.15) is 24.0 Å². The maximum atomic E-state index is 13.1. The first-order chi connectivity index (χ1) is 14.5. The van der Waals surface area contributed by atoms with Crippen molar-refractivity contribution in [1.29, 1.82) is 0 Å². The molecule has 1 aliphatic rings. The molecule has 8 heteroatoms. The Morgan fingerprint density at radius 2 is 2.13 bits per heavy atom. The van der Waals surface area contributed by atoms with Gasteiger partial charge < -0.3 is 19.8 Å². The van der Waals surface area contributed by atoms with Gasteiger partial charge in [0.2, 0.25) is 0 Å². The van der Waals surface area contributed by atoms with Crippen molar-refractivity contribution < 1.29 is 14.3 Å². The molecule has 1 aliphatic heterocycles. The van der Waals surface area contributed by atoms with E-state index in [-0.39, 0.29) is 12.2 Å². The molecule has 0 amide bonds. The van der Waals surface area contributed by atoms with Gasteiger partial charge >= 0.3 is 5.97 Å². The van der Waals surface area contributed by atoms with Crippen molar-refractivity contribution >= 4 is 23.5 Å². The van der Waals surface area contributed by atoms with Gasteiger partial charge in [-0.3, -0.25) is 4.79 Å². The Morgan fingerprint density at radius 3 is 2.83 bits per heavy atom. The van der Waals surface area contributed by atoms with Crippen LogP contribution in [0, 0.1) is 0 Å². The summed E-state index contributed by atoms with van der Waals surface area (Å²) in [5, 5.41) is 3.58. The number of benzene rings is 1. The van der Waals surface area contributed by atoms with Crippen LogP contribution >= 0.6 is 11.8 Å². The molecule has 1 atom stereocenters. The van der Waals surface area contributed by atoms with Crippen LogP contribution in [0.5, 0.6) is 5.75 Å². The van der Waals surface area contributed by atoms with E-state index < -0.39 is 11.9 Å². The summed E-state index contributed by atoms with van der Waals surface area (Å²) in [5.41, 5.74) is 1.66. The topological polar surface area (TPSA) is 93.3 Å². The number of aromatic nitrogens is 2. The van der Waals surface area contributed by atoms with Gasteiger partial charge in [-0.25, -0.2) is 9.78 Å². The third-order valence-corrected chi connectivity index (χ3v) is 5.41. The number of H-pyrrole nitrogens is 1. The van der Waals surface area contributed by atoms with Crippen LogP contribution in [-0.4, -0.2) is 35.4 Å². The quantitative estimate of drug-likeness (QED) is 0.289. The second-order valence-electron chi connectivity index (χ2n) is 6.49. The lowest BCUT2D eigenvalue weighted by Gasteiger charge is -2.29. The first-order valence-electron chi connectivity index (χ1n) is 9.27.